The van der Waals surface area contributed by atoms with Crippen LogP contribution in [0.1, 0.15) is 31.1 Å². The molecule has 2 N–H and O–H groups in total. The summed E-state index contributed by atoms with van der Waals surface area (Å²) in [6.07, 6.45) is 0. The molecule has 202 valence electrons. The summed E-state index contributed by atoms with van der Waals surface area (Å²) in [6.45, 7) is 6.12. The van der Waals surface area contributed by atoms with Crippen LogP contribution < -0.4 is 25.4 Å². The van der Waals surface area contributed by atoms with Gasteiger partial charge < -0.3 is 15.4 Å². The Hall–Kier alpha value is -4.70. The Morgan fingerprint density at radius 3 is 2.10 bits per heavy atom. The highest BCUT2D eigenvalue weighted by Gasteiger charge is 2.60. The average Bonchev–Trinajstić information content (AvgIpc) is 3.23. The first kappa shape index (κ1) is 27.3. The van der Waals surface area contributed by atoms with Crippen LogP contribution in [0.2, 0.25) is 0 Å². The highest BCUT2D eigenvalue weighted by molar-refractivity contribution is 6.28. The lowest BCUT2D eigenvalue weighted by Gasteiger charge is -2.47. The zero-order valence-corrected chi connectivity index (χ0v) is 22.4. The van der Waals surface area contributed by atoms with Crippen molar-refractivity contribution in [3.63, 3.8) is 0 Å². The average molecular weight is 529 g/mol. The minimum Gasteiger partial charge on any atom is -0.495 e. The summed E-state index contributed by atoms with van der Waals surface area (Å²) in [5.74, 6) is -1.14. The fourth-order valence-electron chi connectivity index (χ4n) is 4.57. The van der Waals surface area contributed by atoms with Gasteiger partial charge in [-0.05, 0) is 36.4 Å². The molecule has 1 aliphatic rings. The fraction of sp³-hybridized carbons (Fsp3) is 0.241. The maximum absolute atomic E-state index is 14.6. The minimum atomic E-state index is -1.95. The van der Waals surface area contributed by atoms with Gasteiger partial charge in [0, 0.05) is 25.6 Å². The van der Waals surface area contributed by atoms with Crippen LogP contribution >= 0.6 is 0 Å². The number of para-hydroxylation sites is 3. The molecule has 0 saturated heterocycles. The summed E-state index contributed by atoms with van der Waals surface area (Å²) in [6, 6.07) is 24.6. The second kappa shape index (κ2) is 11.8. The molecule has 0 spiro atoms. The fourth-order valence-corrected chi connectivity index (χ4v) is 4.57. The molecule has 3 amide bonds. The molecule has 0 radical (unpaired) electrons. The van der Waals surface area contributed by atoms with Crippen molar-refractivity contribution in [2.45, 2.75) is 26.4 Å². The van der Waals surface area contributed by atoms with Crippen LogP contribution in [-0.2, 0) is 9.59 Å². The number of hydrogen-bond acceptors (Lipinski definition) is 7. The van der Waals surface area contributed by atoms with Gasteiger partial charge in [-0.3, -0.25) is 19.4 Å². The molecule has 0 saturated carbocycles. The van der Waals surface area contributed by atoms with Crippen molar-refractivity contribution < 1.29 is 19.1 Å². The van der Waals surface area contributed by atoms with Crippen molar-refractivity contribution in [1.29, 1.82) is 0 Å². The first-order valence-electron chi connectivity index (χ1n) is 12.7. The molecular weight excluding hydrogens is 496 g/mol. The SMILES string of the molecule is CCN(CC)N(c1ccccc1OC)C1(NC(C)=O)C(=O)N(c2ccccc2)N=C1NC(=O)c1ccccc1. The van der Waals surface area contributed by atoms with E-state index in [4.69, 9.17) is 4.74 Å². The van der Waals surface area contributed by atoms with Gasteiger partial charge in [0.15, 0.2) is 5.84 Å². The van der Waals surface area contributed by atoms with E-state index in [-0.39, 0.29) is 5.84 Å². The van der Waals surface area contributed by atoms with Crippen LogP contribution in [0.4, 0.5) is 11.4 Å². The number of ether oxygens (including phenoxy) is 1. The highest BCUT2D eigenvalue weighted by atomic mass is 16.5. The second-order valence-electron chi connectivity index (χ2n) is 8.74. The normalized spacial score (nSPS) is 16.6. The summed E-state index contributed by atoms with van der Waals surface area (Å²) in [7, 11) is 1.53. The van der Waals surface area contributed by atoms with E-state index in [1.807, 2.05) is 37.1 Å². The molecule has 0 aliphatic carbocycles. The van der Waals surface area contributed by atoms with Crippen LogP contribution in [0.3, 0.4) is 0 Å². The number of carbonyl (C=O) groups excluding carboxylic acids is 3. The van der Waals surface area contributed by atoms with Gasteiger partial charge >= 0.3 is 5.91 Å². The number of hydrazone groups is 1. The number of anilines is 2. The third-order valence-electron chi connectivity index (χ3n) is 6.31. The van der Waals surface area contributed by atoms with Crippen molar-refractivity contribution in [2.24, 2.45) is 5.10 Å². The standard InChI is InChI=1S/C29H32N6O4/c1-5-33(6-2)35(24-19-13-14-20-25(24)39-4)29(31-21(3)36)27(30-26(37)22-15-9-7-10-16-22)32-34(28(29)38)23-17-11-8-12-18-23/h7-20H,5-6H2,1-4H3,(H,31,36)(H,30,32,37). The maximum Gasteiger partial charge on any atom is 0.303 e. The van der Waals surface area contributed by atoms with Gasteiger partial charge in [0.05, 0.1) is 18.5 Å². The van der Waals surface area contributed by atoms with Crippen molar-refractivity contribution in [3.05, 3.63) is 90.5 Å². The molecule has 1 aliphatic heterocycles. The number of nitrogens with zero attached hydrogens (tertiary/aromatic N) is 4. The lowest BCUT2D eigenvalue weighted by Crippen LogP contribution is -2.75. The van der Waals surface area contributed by atoms with Gasteiger partial charge in [-0.15, -0.1) is 5.10 Å². The summed E-state index contributed by atoms with van der Waals surface area (Å²) < 4.78 is 5.67. The van der Waals surface area contributed by atoms with E-state index in [2.05, 4.69) is 15.7 Å². The predicted molar refractivity (Wildman–Crippen MR) is 150 cm³/mol. The van der Waals surface area contributed by atoms with Crippen LogP contribution in [-0.4, -0.2) is 54.4 Å². The second-order valence-corrected chi connectivity index (χ2v) is 8.74. The molecule has 1 unspecified atom stereocenters. The number of carbonyl (C=O) groups is 3. The Kier molecular flexibility index (Phi) is 8.26. The highest BCUT2D eigenvalue weighted by Crippen LogP contribution is 2.38. The van der Waals surface area contributed by atoms with Gasteiger partial charge in [-0.25, -0.2) is 5.01 Å². The zero-order valence-electron chi connectivity index (χ0n) is 22.4. The molecule has 0 bridgehead atoms. The maximum atomic E-state index is 14.6. The molecule has 3 aromatic rings. The van der Waals surface area contributed by atoms with Crippen molar-refractivity contribution >= 4 is 34.9 Å². The third-order valence-corrected chi connectivity index (χ3v) is 6.31. The Labute approximate surface area is 227 Å². The van der Waals surface area contributed by atoms with E-state index in [0.29, 0.717) is 35.8 Å². The monoisotopic (exact) mass is 528 g/mol. The lowest BCUT2D eigenvalue weighted by molar-refractivity contribution is -0.129. The Morgan fingerprint density at radius 2 is 1.51 bits per heavy atom. The summed E-state index contributed by atoms with van der Waals surface area (Å²) >= 11 is 0. The van der Waals surface area contributed by atoms with E-state index < -0.39 is 23.4 Å². The molecule has 10 nitrogen and oxygen atoms in total. The van der Waals surface area contributed by atoms with Gasteiger partial charge in [-0.2, -0.15) is 5.01 Å². The van der Waals surface area contributed by atoms with Crippen molar-refractivity contribution in [1.82, 2.24) is 15.6 Å². The number of amides is 3. The minimum absolute atomic E-state index is 0.0572. The molecule has 0 fully saturated rings. The van der Waals surface area contributed by atoms with Gasteiger partial charge in [0.1, 0.15) is 5.75 Å². The summed E-state index contributed by atoms with van der Waals surface area (Å²) in [5.41, 5.74) is -0.607. The van der Waals surface area contributed by atoms with Crippen LogP contribution in [0.5, 0.6) is 5.75 Å². The number of methoxy groups -OCH3 is 1. The summed E-state index contributed by atoms with van der Waals surface area (Å²) in [5, 5.41) is 15.0. The molecule has 10 heteroatoms. The number of amidine groups is 1. The number of hydrogen-bond donors (Lipinski definition) is 2. The van der Waals surface area contributed by atoms with E-state index in [0.717, 1.165) is 0 Å². The van der Waals surface area contributed by atoms with Gasteiger partial charge in [0.2, 0.25) is 5.91 Å². The third kappa shape index (κ3) is 5.19. The quantitative estimate of drug-likeness (QED) is 0.326. The van der Waals surface area contributed by atoms with E-state index in [9.17, 15) is 14.4 Å². The topological polar surface area (TPSA) is 107 Å². The lowest BCUT2D eigenvalue weighted by atomic mass is 10.0. The Morgan fingerprint density at radius 1 is 0.923 bits per heavy atom. The smallest absolute Gasteiger partial charge is 0.303 e. The van der Waals surface area contributed by atoms with Crippen molar-refractivity contribution in [2.75, 3.05) is 30.2 Å². The molecule has 3 aromatic carbocycles. The largest absolute Gasteiger partial charge is 0.495 e. The predicted octanol–water partition coefficient (Wildman–Crippen LogP) is 3.38. The number of benzene rings is 3. The number of rotatable bonds is 9. The first-order valence-corrected chi connectivity index (χ1v) is 12.7. The number of hydrazine groups is 1. The number of nitrogens with one attached hydrogen (secondary N) is 2. The molecule has 1 atom stereocenters. The van der Waals surface area contributed by atoms with E-state index >= 15 is 0 Å². The van der Waals surface area contributed by atoms with Crippen LogP contribution in [0.15, 0.2) is 90.0 Å². The van der Waals surface area contributed by atoms with E-state index in [1.54, 1.807) is 71.7 Å². The molecule has 39 heavy (non-hydrogen) atoms. The molecule has 1 heterocycles. The summed E-state index contributed by atoms with van der Waals surface area (Å²) in [4.78, 5) is 40.9. The Bertz CT molecular complexity index is 1360. The zero-order chi connectivity index (χ0) is 28.0. The molecular formula is C29H32N6O4. The van der Waals surface area contributed by atoms with Crippen LogP contribution in [0.25, 0.3) is 0 Å². The van der Waals surface area contributed by atoms with Crippen LogP contribution in [0, 0.1) is 0 Å². The van der Waals surface area contributed by atoms with Gasteiger partial charge in [0.25, 0.3) is 11.6 Å². The Balaban J connectivity index is 1.99. The first-order chi connectivity index (χ1) is 18.9. The van der Waals surface area contributed by atoms with Gasteiger partial charge in [-0.1, -0.05) is 62.4 Å². The van der Waals surface area contributed by atoms with E-state index in [1.165, 1.54) is 19.0 Å². The molecule has 0 aromatic heterocycles. The molecule has 4 rings (SSSR count). The van der Waals surface area contributed by atoms with Crippen molar-refractivity contribution in [3.8, 4) is 5.75 Å².